The molecule has 0 unspecified atom stereocenters. The van der Waals surface area contributed by atoms with E-state index in [1.54, 1.807) is 12.1 Å². The Labute approximate surface area is 123 Å². The van der Waals surface area contributed by atoms with E-state index in [2.05, 4.69) is 19.2 Å². The second-order valence-electron chi connectivity index (χ2n) is 4.93. The first-order valence-electron chi connectivity index (χ1n) is 6.44. The van der Waals surface area contributed by atoms with Gasteiger partial charge in [0.05, 0.1) is 5.69 Å². The van der Waals surface area contributed by atoms with E-state index in [9.17, 15) is 4.39 Å². The summed E-state index contributed by atoms with van der Waals surface area (Å²) in [4.78, 5) is 0.193. The highest BCUT2D eigenvalue weighted by molar-refractivity contribution is 7.80. The molecule has 104 valence electrons. The topological polar surface area (TPSA) is 38.0 Å². The first-order valence-corrected chi connectivity index (χ1v) is 6.85. The van der Waals surface area contributed by atoms with Crippen molar-refractivity contribution < 1.29 is 4.39 Å². The van der Waals surface area contributed by atoms with Gasteiger partial charge in [-0.05, 0) is 35.7 Å². The van der Waals surface area contributed by atoms with Gasteiger partial charge in [0.2, 0.25) is 0 Å². The number of anilines is 2. The highest BCUT2D eigenvalue weighted by Gasteiger charge is 2.09. The minimum absolute atomic E-state index is 0.193. The van der Waals surface area contributed by atoms with Crippen LogP contribution in [-0.2, 0) is 0 Å². The van der Waals surface area contributed by atoms with Crippen molar-refractivity contribution in [2.24, 2.45) is 5.73 Å². The van der Waals surface area contributed by atoms with Crippen LogP contribution in [0.1, 0.15) is 30.9 Å². The summed E-state index contributed by atoms with van der Waals surface area (Å²) in [5.74, 6) is -0.00786. The maximum Gasteiger partial charge on any atom is 0.147 e. The predicted molar refractivity (Wildman–Crippen MR) is 86.1 cm³/mol. The Morgan fingerprint density at radius 3 is 2.45 bits per heavy atom. The Morgan fingerprint density at radius 2 is 1.85 bits per heavy atom. The Morgan fingerprint density at radius 1 is 1.15 bits per heavy atom. The van der Waals surface area contributed by atoms with Crippen LogP contribution in [0.25, 0.3) is 0 Å². The number of rotatable bonds is 4. The summed E-state index contributed by atoms with van der Waals surface area (Å²) < 4.78 is 14.1. The smallest absolute Gasteiger partial charge is 0.147 e. The molecule has 3 N–H and O–H groups in total. The van der Waals surface area contributed by atoms with Gasteiger partial charge in [0, 0.05) is 11.3 Å². The molecule has 0 amide bonds. The minimum Gasteiger partial charge on any atom is -0.389 e. The van der Waals surface area contributed by atoms with Crippen molar-refractivity contribution in [1.29, 1.82) is 0 Å². The van der Waals surface area contributed by atoms with Crippen LogP contribution < -0.4 is 11.1 Å². The third-order valence-electron chi connectivity index (χ3n) is 3.11. The lowest BCUT2D eigenvalue weighted by molar-refractivity contribution is 0.631. The molecule has 0 radical (unpaired) electrons. The molecule has 4 heteroatoms. The fourth-order valence-electron chi connectivity index (χ4n) is 2.03. The number of hydrogen-bond donors (Lipinski definition) is 2. The van der Waals surface area contributed by atoms with Gasteiger partial charge < -0.3 is 11.1 Å². The Balaban J connectivity index is 2.33. The molecule has 0 aliphatic heterocycles. The fourth-order valence-corrected chi connectivity index (χ4v) is 2.16. The summed E-state index contributed by atoms with van der Waals surface area (Å²) in [5, 5.41) is 3.13. The van der Waals surface area contributed by atoms with Gasteiger partial charge >= 0.3 is 0 Å². The summed E-state index contributed by atoms with van der Waals surface area (Å²) in [6.45, 7) is 4.21. The van der Waals surface area contributed by atoms with Crippen LogP contribution in [-0.4, -0.2) is 4.99 Å². The summed E-state index contributed by atoms with van der Waals surface area (Å²) >= 11 is 4.84. The highest BCUT2D eigenvalue weighted by Crippen LogP contribution is 2.28. The summed E-state index contributed by atoms with van der Waals surface area (Å²) in [6, 6.07) is 12.6. The third-order valence-corrected chi connectivity index (χ3v) is 3.34. The van der Waals surface area contributed by atoms with E-state index >= 15 is 0 Å². The van der Waals surface area contributed by atoms with Crippen LogP contribution in [0.4, 0.5) is 15.8 Å². The number of thiocarbonyl (C=S) groups is 1. The maximum absolute atomic E-state index is 14.1. The second kappa shape index (κ2) is 6.01. The molecule has 0 saturated carbocycles. The van der Waals surface area contributed by atoms with E-state index in [1.807, 2.05) is 24.3 Å². The lowest BCUT2D eigenvalue weighted by Gasteiger charge is -2.15. The molecule has 0 aromatic heterocycles. The van der Waals surface area contributed by atoms with Crippen LogP contribution in [0.3, 0.4) is 0 Å². The summed E-state index contributed by atoms with van der Waals surface area (Å²) in [7, 11) is 0. The van der Waals surface area contributed by atoms with Gasteiger partial charge in [-0.1, -0.05) is 44.3 Å². The van der Waals surface area contributed by atoms with Crippen LogP contribution in [0.5, 0.6) is 0 Å². The number of nitrogens with one attached hydrogen (secondary N) is 1. The molecular formula is C16H17FN2S. The van der Waals surface area contributed by atoms with Gasteiger partial charge in [-0.15, -0.1) is 0 Å². The number of hydrogen-bond acceptors (Lipinski definition) is 2. The average molecular weight is 288 g/mol. The molecule has 0 aliphatic carbocycles. The standard InChI is InChI=1S/C16H17FN2S/c1-10(2)12-5-3-4-6-14(12)19-15-8-7-11(16(18)20)9-13(15)17/h3-10,19H,1-2H3,(H2,18,20). The van der Waals surface area contributed by atoms with Crippen LogP contribution >= 0.6 is 12.2 Å². The monoisotopic (exact) mass is 288 g/mol. The van der Waals surface area contributed by atoms with Crippen molar-refractivity contribution in [2.45, 2.75) is 19.8 Å². The van der Waals surface area contributed by atoms with Crippen molar-refractivity contribution in [2.75, 3.05) is 5.32 Å². The minimum atomic E-state index is -0.367. The van der Waals surface area contributed by atoms with Crippen LogP contribution in [0.2, 0.25) is 0 Å². The molecule has 0 atom stereocenters. The number of halogens is 1. The van der Waals surface area contributed by atoms with Gasteiger partial charge in [-0.25, -0.2) is 4.39 Å². The third kappa shape index (κ3) is 3.14. The molecule has 20 heavy (non-hydrogen) atoms. The fraction of sp³-hybridized carbons (Fsp3) is 0.188. The van der Waals surface area contributed by atoms with E-state index < -0.39 is 0 Å². The zero-order valence-electron chi connectivity index (χ0n) is 11.5. The lowest BCUT2D eigenvalue weighted by atomic mass is 10.0. The average Bonchev–Trinajstić information content (AvgIpc) is 2.41. The van der Waals surface area contributed by atoms with Crippen molar-refractivity contribution in [3.63, 3.8) is 0 Å². The van der Waals surface area contributed by atoms with Crippen molar-refractivity contribution in [3.05, 3.63) is 59.4 Å². The van der Waals surface area contributed by atoms with E-state index in [0.717, 1.165) is 11.3 Å². The Hall–Kier alpha value is -1.94. The zero-order chi connectivity index (χ0) is 14.7. The first kappa shape index (κ1) is 14.5. The van der Waals surface area contributed by atoms with Gasteiger partial charge in [0.25, 0.3) is 0 Å². The Bertz CT molecular complexity index is 638. The predicted octanol–water partition coefficient (Wildman–Crippen LogP) is 4.33. The molecule has 0 spiro atoms. The molecule has 2 aromatic carbocycles. The molecule has 0 fully saturated rings. The normalized spacial score (nSPS) is 10.6. The van der Waals surface area contributed by atoms with Gasteiger partial charge in [-0.2, -0.15) is 0 Å². The first-order chi connectivity index (χ1) is 9.49. The molecule has 2 rings (SSSR count). The highest BCUT2D eigenvalue weighted by atomic mass is 32.1. The largest absolute Gasteiger partial charge is 0.389 e. The van der Waals surface area contributed by atoms with Crippen LogP contribution in [0, 0.1) is 5.82 Å². The van der Waals surface area contributed by atoms with E-state index in [-0.39, 0.29) is 10.8 Å². The van der Waals surface area contributed by atoms with Gasteiger partial charge in [-0.3, -0.25) is 0 Å². The summed E-state index contributed by atoms with van der Waals surface area (Å²) in [6.07, 6.45) is 0. The number of para-hydroxylation sites is 1. The Kier molecular flexibility index (Phi) is 4.35. The number of nitrogens with two attached hydrogens (primary N) is 1. The zero-order valence-corrected chi connectivity index (χ0v) is 12.3. The van der Waals surface area contributed by atoms with Gasteiger partial charge in [0.1, 0.15) is 10.8 Å². The quantitative estimate of drug-likeness (QED) is 0.823. The van der Waals surface area contributed by atoms with Gasteiger partial charge in [0.15, 0.2) is 0 Å². The molecular weight excluding hydrogens is 271 g/mol. The SMILES string of the molecule is CC(C)c1ccccc1Nc1ccc(C(N)=S)cc1F. The van der Waals surface area contributed by atoms with Crippen molar-refractivity contribution in [3.8, 4) is 0 Å². The van der Waals surface area contributed by atoms with E-state index in [4.69, 9.17) is 18.0 Å². The van der Waals surface area contributed by atoms with Crippen molar-refractivity contribution in [1.82, 2.24) is 0 Å². The van der Waals surface area contributed by atoms with E-state index in [0.29, 0.717) is 17.2 Å². The molecule has 0 bridgehead atoms. The molecule has 0 aliphatic rings. The van der Waals surface area contributed by atoms with Crippen molar-refractivity contribution >= 4 is 28.6 Å². The molecule has 0 heterocycles. The lowest BCUT2D eigenvalue weighted by Crippen LogP contribution is -2.10. The summed E-state index contributed by atoms with van der Waals surface area (Å²) in [5.41, 5.74) is 8.49. The van der Waals surface area contributed by atoms with Crippen LogP contribution in [0.15, 0.2) is 42.5 Å². The maximum atomic E-state index is 14.1. The molecule has 0 saturated heterocycles. The molecule has 2 aromatic rings. The second-order valence-corrected chi connectivity index (χ2v) is 5.37. The van der Waals surface area contributed by atoms with E-state index in [1.165, 1.54) is 6.07 Å². The molecule has 2 nitrogen and oxygen atoms in total. The number of benzene rings is 2.